The van der Waals surface area contributed by atoms with Crippen molar-refractivity contribution in [2.45, 2.75) is 58.0 Å². The first kappa shape index (κ1) is 20.9. The van der Waals surface area contributed by atoms with Gasteiger partial charge < -0.3 is 9.33 Å². The Labute approximate surface area is 172 Å². The van der Waals surface area contributed by atoms with Crippen LogP contribution in [0.5, 0.6) is 0 Å². The highest BCUT2D eigenvalue weighted by molar-refractivity contribution is 6.69. The van der Waals surface area contributed by atoms with Gasteiger partial charge in [-0.2, -0.15) is 0 Å². The summed E-state index contributed by atoms with van der Waals surface area (Å²) < 4.78 is 7.18. The number of rotatable bonds is 7. The van der Waals surface area contributed by atoms with Gasteiger partial charge in [0.2, 0.25) is 0 Å². The Morgan fingerprint density at radius 3 is 1.96 bits per heavy atom. The summed E-state index contributed by atoms with van der Waals surface area (Å²) in [5, 5.41) is 0. The molecule has 0 bridgehead atoms. The minimum absolute atomic E-state index is 0.291. The molecule has 2 aromatic rings. The Kier molecular flexibility index (Phi) is 6.46. The van der Waals surface area contributed by atoms with Crippen LogP contribution in [0.25, 0.3) is 0 Å². The molecule has 1 aliphatic rings. The van der Waals surface area contributed by atoms with Crippen LogP contribution in [0.1, 0.15) is 37.8 Å². The van der Waals surface area contributed by atoms with Crippen molar-refractivity contribution in [2.24, 2.45) is 5.92 Å². The second kappa shape index (κ2) is 8.67. The summed E-state index contributed by atoms with van der Waals surface area (Å²) in [4.78, 5) is 2.53. The molecule has 1 saturated heterocycles. The third-order valence-electron chi connectivity index (χ3n) is 5.30. The average molecular weight is 394 g/mol. The van der Waals surface area contributed by atoms with Crippen LogP contribution < -0.4 is 0 Å². The van der Waals surface area contributed by atoms with E-state index >= 15 is 0 Å². The predicted molar refractivity (Wildman–Crippen MR) is 122 cm³/mol. The van der Waals surface area contributed by atoms with Crippen LogP contribution in [0.15, 0.2) is 72.9 Å². The highest BCUT2D eigenvalue weighted by atomic mass is 28.4. The molecular formula is C25H35NOSi. The molecule has 1 atom stereocenters. The molecule has 0 radical (unpaired) electrons. The summed E-state index contributed by atoms with van der Waals surface area (Å²) in [5.74, 6) is 0.544. The molecule has 1 heterocycles. The third-order valence-corrected chi connectivity index (χ3v) is 6.23. The highest BCUT2D eigenvalue weighted by Gasteiger charge is 2.49. The molecule has 3 heteroatoms. The number of allylic oxidation sites excluding steroid dienone is 1. The molecule has 0 aromatic heterocycles. The Bertz CT molecular complexity index is 725. The molecule has 1 fully saturated rings. The molecule has 2 nitrogen and oxygen atoms in total. The fourth-order valence-electron chi connectivity index (χ4n) is 4.28. The van der Waals surface area contributed by atoms with Crippen molar-refractivity contribution in [1.29, 1.82) is 0 Å². The van der Waals surface area contributed by atoms with E-state index in [0.717, 1.165) is 13.0 Å². The summed E-state index contributed by atoms with van der Waals surface area (Å²) in [7, 11) is -1.85. The van der Waals surface area contributed by atoms with Crippen molar-refractivity contribution in [3.63, 3.8) is 0 Å². The summed E-state index contributed by atoms with van der Waals surface area (Å²) in [6.45, 7) is 12.5. The van der Waals surface area contributed by atoms with Gasteiger partial charge in [-0.1, -0.05) is 80.6 Å². The van der Waals surface area contributed by atoms with Gasteiger partial charge in [0.1, 0.15) is 5.60 Å². The lowest BCUT2D eigenvalue weighted by Crippen LogP contribution is -2.53. The molecular weight excluding hydrogens is 358 g/mol. The molecule has 150 valence electrons. The largest absolute Gasteiger partial charge is 0.402 e. The fourth-order valence-corrected chi connectivity index (χ4v) is 5.62. The lowest BCUT2D eigenvalue weighted by atomic mass is 9.79. The Hall–Kier alpha value is -1.84. The molecule has 1 aliphatic heterocycles. The van der Waals surface area contributed by atoms with Crippen molar-refractivity contribution < 1.29 is 4.43 Å². The maximum atomic E-state index is 7.18. The first-order valence-corrected chi connectivity index (χ1v) is 14.0. The third kappa shape index (κ3) is 4.58. The van der Waals surface area contributed by atoms with Gasteiger partial charge >= 0.3 is 0 Å². The summed E-state index contributed by atoms with van der Waals surface area (Å²) in [6, 6.07) is 22.0. The topological polar surface area (TPSA) is 12.5 Å². The van der Waals surface area contributed by atoms with Crippen molar-refractivity contribution in [1.82, 2.24) is 4.90 Å². The van der Waals surface area contributed by atoms with Crippen LogP contribution in [0.4, 0.5) is 0 Å². The van der Waals surface area contributed by atoms with E-state index in [-0.39, 0.29) is 0 Å². The molecule has 0 aliphatic carbocycles. The summed E-state index contributed by atoms with van der Waals surface area (Å²) in [5.41, 5.74) is 2.07. The molecule has 2 aromatic carbocycles. The molecule has 0 unspecified atom stereocenters. The minimum Gasteiger partial charge on any atom is -0.402 e. The average Bonchev–Trinajstić information content (AvgIpc) is 3.14. The van der Waals surface area contributed by atoms with Gasteiger partial charge in [0, 0.05) is 6.54 Å². The monoisotopic (exact) mass is 393 g/mol. The van der Waals surface area contributed by atoms with Gasteiger partial charge in [-0.15, -0.1) is 0 Å². The molecule has 0 N–H and O–H groups in total. The van der Waals surface area contributed by atoms with E-state index in [1.54, 1.807) is 0 Å². The highest BCUT2D eigenvalue weighted by Crippen LogP contribution is 2.45. The second-order valence-electron chi connectivity index (χ2n) is 9.16. The van der Waals surface area contributed by atoms with Gasteiger partial charge in [0.25, 0.3) is 0 Å². The number of hydrogen-bond acceptors (Lipinski definition) is 2. The Morgan fingerprint density at radius 2 is 1.50 bits per heavy atom. The SMILES string of the molecule is CC(C)/C=C\N1CCC[C@H]1C(O[Si](C)(C)C)(c1ccccc1)c1ccccc1. The van der Waals surface area contributed by atoms with Crippen molar-refractivity contribution in [2.75, 3.05) is 6.54 Å². The van der Waals surface area contributed by atoms with E-state index in [4.69, 9.17) is 4.43 Å². The fraction of sp³-hybridized carbons (Fsp3) is 0.440. The zero-order valence-electron chi connectivity index (χ0n) is 18.1. The molecule has 3 rings (SSSR count). The molecule has 0 amide bonds. The van der Waals surface area contributed by atoms with Gasteiger partial charge in [-0.3, -0.25) is 0 Å². The van der Waals surface area contributed by atoms with Crippen LogP contribution in [0, 0.1) is 5.92 Å². The van der Waals surface area contributed by atoms with E-state index in [1.807, 2.05) is 0 Å². The summed E-state index contributed by atoms with van der Waals surface area (Å²) >= 11 is 0. The molecule has 0 saturated carbocycles. The van der Waals surface area contributed by atoms with Gasteiger partial charge in [-0.25, -0.2) is 0 Å². The lowest BCUT2D eigenvalue weighted by Gasteiger charge is -2.47. The van der Waals surface area contributed by atoms with Crippen molar-refractivity contribution in [3.8, 4) is 0 Å². The van der Waals surface area contributed by atoms with Gasteiger partial charge in [0.15, 0.2) is 8.32 Å². The standard InChI is InChI=1S/C25H35NOSi/c1-21(2)18-20-26-19-12-17-24(26)25(27-28(3,4)5,22-13-8-6-9-14-22)23-15-10-7-11-16-23/h6-11,13-16,18,20-21,24H,12,17,19H2,1-5H3/b20-18-/t24-/m0/s1. The molecule has 28 heavy (non-hydrogen) atoms. The van der Waals surface area contributed by atoms with Crippen LogP contribution in [0.3, 0.4) is 0 Å². The van der Waals surface area contributed by atoms with Crippen LogP contribution in [-0.2, 0) is 10.0 Å². The van der Waals surface area contributed by atoms with Crippen LogP contribution in [0.2, 0.25) is 19.6 Å². The number of nitrogens with zero attached hydrogens (tertiary/aromatic N) is 1. The second-order valence-corrected chi connectivity index (χ2v) is 13.6. The first-order chi connectivity index (χ1) is 13.3. The molecule has 0 spiro atoms. The van der Waals surface area contributed by atoms with E-state index in [9.17, 15) is 0 Å². The maximum absolute atomic E-state index is 7.18. The van der Waals surface area contributed by atoms with E-state index in [0.29, 0.717) is 12.0 Å². The Balaban J connectivity index is 2.20. The first-order valence-electron chi connectivity index (χ1n) is 10.6. The predicted octanol–water partition coefficient (Wildman–Crippen LogP) is 6.42. The van der Waals surface area contributed by atoms with Crippen molar-refractivity contribution >= 4 is 8.32 Å². The maximum Gasteiger partial charge on any atom is 0.185 e. The normalized spacial score (nSPS) is 18.4. The Morgan fingerprint density at radius 1 is 0.964 bits per heavy atom. The minimum atomic E-state index is -1.85. The van der Waals surface area contributed by atoms with Gasteiger partial charge in [0.05, 0.1) is 6.04 Å². The zero-order valence-corrected chi connectivity index (χ0v) is 19.1. The van der Waals surface area contributed by atoms with E-state index in [2.05, 4.69) is 111 Å². The van der Waals surface area contributed by atoms with E-state index < -0.39 is 13.9 Å². The number of likely N-dealkylation sites (tertiary alicyclic amines) is 1. The van der Waals surface area contributed by atoms with Crippen LogP contribution in [-0.4, -0.2) is 25.8 Å². The zero-order chi connectivity index (χ0) is 20.2. The number of hydrogen-bond donors (Lipinski definition) is 0. The summed E-state index contributed by atoms with van der Waals surface area (Å²) in [6.07, 6.45) is 6.96. The number of benzene rings is 2. The van der Waals surface area contributed by atoms with Crippen LogP contribution >= 0.6 is 0 Å². The quantitative estimate of drug-likeness (QED) is 0.504. The van der Waals surface area contributed by atoms with E-state index in [1.165, 1.54) is 17.5 Å². The van der Waals surface area contributed by atoms with Crippen molar-refractivity contribution in [3.05, 3.63) is 84.1 Å². The smallest absolute Gasteiger partial charge is 0.185 e. The lowest BCUT2D eigenvalue weighted by molar-refractivity contribution is 0.0283. The van der Waals surface area contributed by atoms with Gasteiger partial charge in [-0.05, 0) is 55.7 Å².